The Kier molecular flexibility index (Phi) is 2.07. The Labute approximate surface area is 110 Å². The quantitative estimate of drug-likeness (QED) is 0.656. The highest BCUT2D eigenvalue weighted by molar-refractivity contribution is 6.19. The van der Waals surface area contributed by atoms with Gasteiger partial charge in [0.15, 0.2) is 11.5 Å². The number of H-pyrrole nitrogens is 2. The number of aryl methyl sites for hydroxylation is 2. The first kappa shape index (κ1) is 10.7. The number of fused-ring (bicyclic) bond motifs is 5. The third kappa shape index (κ3) is 1.38. The van der Waals surface area contributed by atoms with E-state index in [9.17, 15) is 4.79 Å². The van der Waals surface area contributed by atoms with Crippen LogP contribution in [0.5, 0.6) is 0 Å². The van der Waals surface area contributed by atoms with E-state index in [0.717, 1.165) is 51.6 Å². The fourth-order valence-electron chi connectivity index (χ4n) is 3.23. The van der Waals surface area contributed by atoms with E-state index in [2.05, 4.69) is 29.0 Å². The van der Waals surface area contributed by atoms with E-state index in [1.165, 1.54) is 0 Å². The lowest BCUT2D eigenvalue weighted by Crippen LogP contribution is -2.24. The monoisotopic (exact) mass is 251 g/mol. The van der Waals surface area contributed by atoms with E-state index in [-0.39, 0.29) is 5.78 Å². The van der Waals surface area contributed by atoms with Gasteiger partial charge < -0.3 is 4.98 Å². The first-order valence-corrected chi connectivity index (χ1v) is 6.74. The van der Waals surface area contributed by atoms with Gasteiger partial charge in [-0.15, -0.1) is 0 Å². The van der Waals surface area contributed by atoms with Gasteiger partial charge in [-0.2, -0.15) is 0 Å². The van der Waals surface area contributed by atoms with Crippen molar-refractivity contribution < 1.29 is 9.78 Å². The van der Waals surface area contributed by atoms with Gasteiger partial charge in [0.05, 0.1) is 5.56 Å². The first-order valence-electron chi connectivity index (χ1n) is 6.74. The summed E-state index contributed by atoms with van der Waals surface area (Å²) in [5.74, 6) is 0.271. The third-order valence-electron chi connectivity index (χ3n) is 4.08. The van der Waals surface area contributed by atoms with Crippen molar-refractivity contribution in [2.24, 2.45) is 0 Å². The Morgan fingerprint density at radius 2 is 2.05 bits per heavy atom. The number of hydrogen-bond donors (Lipinski definition) is 1. The number of rotatable bonds is 0. The first-order chi connectivity index (χ1) is 9.25. The predicted octanol–water partition coefficient (Wildman–Crippen LogP) is 2.96. The molecule has 1 aliphatic rings. The molecule has 0 saturated heterocycles. The van der Waals surface area contributed by atoms with Gasteiger partial charge in [-0.3, -0.25) is 4.79 Å². The van der Waals surface area contributed by atoms with Crippen LogP contribution in [0.25, 0.3) is 21.8 Å². The number of ketones is 1. The molecule has 0 saturated carbocycles. The molecule has 19 heavy (non-hydrogen) atoms. The van der Waals surface area contributed by atoms with Crippen molar-refractivity contribution in [3.8, 4) is 0 Å². The Bertz CT molecular complexity index is 829. The average molecular weight is 251 g/mol. The van der Waals surface area contributed by atoms with E-state index in [1.807, 2.05) is 12.1 Å². The molecular weight excluding hydrogens is 236 g/mol. The van der Waals surface area contributed by atoms with Crippen molar-refractivity contribution in [3.05, 3.63) is 41.2 Å². The Hall–Kier alpha value is -2.16. The topological polar surface area (TPSA) is 47.0 Å². The molecule has 3 nitrogen and oxygen atoms in total. The highest BCUT2D eigenvalue weighted by atomic mass is 16.1. The number of hydrogen-bond acceptors (Lipinski definition) is 1. The minimum Gasteiger partial charge on any atom is -0.349 e. The average Bonchev–Trinajstić information content (AvgIpc) is 2.79. The minimum absolute atomic E-state index is 0.271. The number of Topliss-reactive ketones (excluding diaryl/α,β-unsaturated/α-hetero) is 1. The summed E-state index contributed by atoms with van der Waals surface area (Å²) in [6.45, 7) is 2.07. The van der Waals surface area contributed by atoms with Crippen molar-refractivity contribution in [3.63, 3.8) is 0 Å². The van der Waals surface area contributed by atoms with Crippen LogP contribution in [0, 0.1) is 6.92 Å². The van der Waals surface area contributed by atoms with E-state index in [1.54, 1.807) is 0 Å². The second-order valence-electron chi connectivity index (χ2n) is 5.30. The summed E-state index contributed by atoms with van der Waals surface area (Å²) in [5, 5.41) is 2.26. The summed E-state index contributed by atoms with van der Waals surface area (Å²) >= 11 is 0. The smallest absolute Gasteiger partial charge is 0.201 e. The maximum absolute atomic E-state index is 12.3. The van der Waals surface area contributed by atoms with Gasteiger partial charge in [0.2, 0.25) is 5.69 Å². The lowest BCUT2D eigenvalue weighted by molar-refractivity contribution is -0.398. The number of aromatic amines is 2. The van der Waals surface area contributed by atoms with E-state index < -0.39 is 0 Å². The molecule has 2 aromatic heterocycles. The number of pyridine rings is 1. The number of carbonyl (C=O) groups excluding carboxylic acids is 1. The van der Waals surface area contributed by atoms with Crippen LogP contribution < -0.4 is 4.98 Å². The van der Waals surface area contributed by atoms with Crippen LogP contribution >= 0.6 is 0 Å². The lowest BCUT2D eigenvalue weighted by atomic mass is 9.91. The Balaban J connectivity index is 2.27. The largest absolute Gasteiger partial charge is 0.349 e. The molecule has 0 aliphatic heterocycles. The zero-order chi connectivity index (χ0) is 13.0. The molecule has 0 unspecified atom stereocenters. The number of para-hydroxylation sites is 1. The van der Waals surface area contributed by atoms with Crippen LogP contribution in [0.15, 0.2) is 24.3 Å². The molecule has 0 radical (unpaired) electrons. The molecule has 3 heteroatoms. The normalized spacial score (nSPS) is 15.1. The predicted molar refractivity (Wildman–Crippen MR) is 74.4 cm³/mol. The fraction of sp³-hybridized carbons (Fsp3) is 0.250. The second kappa shape index (κ2) is 3.67. The molecule has 0 spiro atoms. The second-order valence-corrected chi connectivity index (χ2v) is 5.30. The molecule has 0 fully saturated rings. The van der Waals surface area contributed by atoms with Gasteiger partial charge in [0, 0.05) is 36.1 Å². The number of carbonyl (C=O) groups is 1. The Morgan fingerprint density at radius 3 is 2.95 bits per heavy atom. The van der Waals surface area contributed by atoms with E-state index in [0.29, 0.717) is 6.42 Å². The highest BCUT2D eigenvalue weighted by Gasteiger charge is 2.28. The number of aromatic nitrogens is 2. The maximum Gasteiger partial charge on any atom is 0.201 e. The summed E-state index contributed by atoms with van der Waals surface area (Å²) in [4.78, 5) is 19.2. The van der Waals surface area contributed by atoms with Crippen LogP contribution in [-0.4, -0.2) is 10.8 Å². The van der Waals surface area contributed by atoms with Crippen molar-refractivity contribution in [1.82, 2.24) is 4.98 Å². The van der Waals surface area contributed by atoms with Crippen molar-refractivity contribution >= 4 is 27.6 Å². The summed E-state index contributed by atoms with van der Waals surface area (Å²) in [7, 11) is 0. The van der Waals surface area contributed by atoms with Gasteiger partial charge in [0.1, 0.15) is 5.52 Å². The molecule has 0 bridgehead atoms. The van der Waals surface area contributed by atoms with Gasteiger partial charge in [0.25, 0.3) is 0 Å². The van der Waals surface area contributed by atoms with Gasteiger partial charge in [-0.1, -0.05) is 18.2 Å². The van der Waals surface area contributed by atoms with Crippen LogP contribution in [0.1, 0.15) is 34.6 Å². The van der Waals surface area contributed by atoms with Crippen LogP contribution in [0.2, 0.25) is 0 Å². The molecule has 1 aliphatic carbocycles. The Morgan fingerprint density at radius 1 is 1.21 bits per heavy atom. The number of nitrogens with one attached hydrogen (secondary N) is 2. The lowest BCUT2D eigenvalue weighted by Gasteiger charge is -2.11. The maximum atomic E-state index is 12.3. The van der Waals surface area contributed by atoms with Gasteiger partial charge >= 0.3 is 0 Å². The van der Waals surface area contributed by atoms with Crippen LogP contribution in [0.3, 0.4) is 0 Å². The molecule has 0 amide bonds. The molecule has 4 rings (SSSR count). The van der Waals surface area contributed by atoms with Crippen LogP contribution in [-0.2, 0) is 6.42 Å². The van der Waals surface area contributed by atoms with Gasteiger partial charge in [-0.25, -0.2) is 4.98 Å². The zero-order valence-electron chi connectivity index (χ0n) is 10.8. The third-order valence-corrected chi connectivity index (χ3v) is 4.08. The highest BCUT2D eigenvalue weighted by Crippen LogP contribution is 2.33. The molecule has 2 N–H and O–H groups in total. The molecular formula is C16H15N2O+. The van der Waals surface area contributed by atoms with Crippen LogP contribution in [0.4, 0.5) is 0 Å². The minimum atomic E-state index is 0.271. The standard InChI is InChI=1S/C16H14N2O/c1-9-16-14(10-5-2-3-6-11(10)18-16)15-12(17-9)7-4-8-13(15)19/h2-3,5-6,18H,4,7-8H2,1H3/p+1. The molecule has 0 atom stereocenters. The summed E-state index contributed by atoms with van der Waals surface area (Å²) in [6, 6.07) is 8.20. The molecule has 3 aromatic rings. The summed E-state index contributed by atoms with van der Waals surface area (Å²) in [5.41, 5.74) is 5.28. The van der Waals surface area contributed by atoms with E-state index >= 15 is 0 Å². The van der Waals surface area contributed by atoms with E-state index in [4.69, 9.17) is 0 Å². The van der Waals surface area contributed by atoms with Crippen molar-refractivity contribution in [2.75, 3.05) is 0 Å². The number of benzene rings is 1. The van der Waals surface area contributed by atoms with Gasteiger partial charge in [-0.05, 0) is 12.5 Å². The summed E-state index contributed by atoms with van der Waals surface area (Å²) < 4.78 is 0. The SMILES string of the molecule is Cc1[nH+]c2c(c3c1[nH]c1ccccc13)C(=O)CCC2. The summed E-state index contributed by atoms with van der Waals surface area (Å²) in [6.07, 6.45) is 2.59. The van der Waals surface area contributed by atoms with Crippen molar-refractivity contribution in [1.29, 1.82) is 0 Å². The fourth-order valence-corrected chi connectivity index (χ4v) is 3.23. The zero-order valence-corrected chi connectivity index (χ0v) is 10.8. The molecule has 1 aromatic carbocycles. The van der Waals surface area contributed by atoms with Crippen molar-refractivity contribution in [2.45, 2.75) is 26.2 Å². The molecule has 94 valence electrons. The molecule has 2 heterocycles.